The zero-order valence-corrected chi connectivity index (χ0v) is 9.94. The van der Waals surface area contributed by atoms with E-state index in [-0.39, 0.29) is 18.0 Å². The van der Waals surface area contributed by atoms with Gasteiger partial charge >= 0.3 is 0 Å². The Kier molecular flexibility index (Phi) is 3.36. The zero-order chi connectivity index (χ0) is 13.1. The highest BCUT2D eigenvalue weighted by Crippen LogP contribution is 2.21. The number of benzene rings is 1. The summed E-state index contributed by atoms with van der Waals surface area (Å²) in [5.74, 6) is 0.331. The van der Waals surface area contributed by atoms with Crippen LogP contribution in [0.2, 0.25) is 0 Å². The fraction of sp³-hybridized carbons (Fsp3) is 0.250. The molecule has 0 amide bonds. The molecule has 5 nitrogen and oxygen atoms in total. The summed E-state index contributed by atoms with van der Waals surface area (Å²) in [5.41, 5.74) is 0.186. The van der Waals surface area contributed by atoms with Crippen LogP contribution in [0.15, 0.2) is 22.7 Å². The number of carbonyl (C=O) groups excluding carboxylic acids is 1. The normalized spacial score (nSPS) is 10.4. The van der Waals surface area contributed by atoms with Crippen LogP contribution in [0.5, 0.6) is 5.75 Å². The van der Waals surface area contributed by atoms with Crippen LogP contribution in [-0.4, -0.2) is 15.9 Å². The number of Topliss-reactive ketones (excluding diaryl/α,β-unsaturated/α-hetero) is 1. The minimum Gasteiger partial charge on any atom is -0.483 e. The largest absolute Gasteiger partial charge is 0.483 e. The van der Waals surface area contributed by atoms with Crippen molar-refractivity contribution in [3.63, 3.8) is 0 Å². The summed E-state index contributed by atoms with van der Waals surface area (Å²) < 4.78 is 23.3. The third kappa shape index (κ3) is 2.71. The van der Waals surface area contributed by atoms with Gasteiger partial charge in [0, 0.05) is 0 Å². The lowest BCUT2D eigenvalue weighted by Gasteiger charge is -2.07. The lowest BCUT2D eigenvalue weighted by molar-refractivity contribution is 0.101. The van der Waals surface area contributed by atoms with E-state index < -0.39 is 5.82 Å². The molecule has 6 heteroatoms. The van der Waals surface area contributed by atoms with Crippen molar-refractivity contribution in [2.75, 3.05) is 0 Å². The summed E-state index contributed by atoms with van der Waals surface area (Å²) in [5, 5.41) is 3.61. The van der Waals surface area contributed by atoms with E-state index in [0.29, 0.717) is 17.5 Å². The number of aryl methyl sites for hydroxylation is 1. The Bertz CT molecular complexity index is 580. The standard InChI is InChI=1S/C12H11FN2O3/c1-7(16)10-5-9(13)3-4-11(10)17-6-12-14-8(2)15-18-12/h3-5H,6H2,1-2H3. The first-order valence-electron chi connectivity index (χ1n) is 5.29. The van der Waals surface area contributed by atoms with Crippen LogP contribution >= 0.6 is 0 Å². The smallest absolute Gasteiger partial charge is 0.264 e. The minimum absolute atomic E-state index is 0.0345. The van der Waals surface area contributed by atoms with E-state index in [1.54, 1.807) is 6.92 Å². The van der Waals surface area contributed by atoms with Crippen molar-refractivity contribution in [3.8, 4) is 5.75 Å². The molecule has 1 heterocycles. The number of ketones is 1. The second-order valence-corrected chi connectivity index (χ2v) is 3.72. The number of nitrogens with zero attached hydrogens (tertiary/aromatic N) is 2. The number of rotatable bonds is 4. The summed E-state index contributed by atoms with van der Waals surface area (Å²) >= 11 is 0. The van der Waals surface area contributed by atoms with Gasteiger partial charge in [-0.1, -0.05) is 5.16 Å². The number of hydrogen-bond acceptors (Lipinski definition) is 5. The summed E-state index contributed by atoms with van der Waals surface area (Å²) in [6.07, 6.45) is 0. The Morgan fingerprint density at radius 1 is 1.50 bits per heavy atom. The van der Waals surface area contributed by atoms with Crippen LogP contribution in [0.3, 0.4) is 0 Å². The van der Waals surface area contributed by atoms with Gasteiger partial charge in [-0.2, -0.15) is 4.98 Å². The quantitative estimate of drug-likeness (QED) is 0.779. The van der Waals surface area contributed by atoms with Crippen LogP contribution in [0, 0.1) is 12.7 Å². The average molecular weight is 250 g/mol. The van der Waals surface area contributed by atoms with E-state index in [0.717, 1.165) is 6.07 Å². The Balaban J connectivity index is 2.16. The van der Waals surface area contributed by atoms with Crippen LogP contribution in [0.25, 0.3) is 0 Å². The van der Waals surface area contributed by atoms with Gasteiger partial charge in [0.15, 0.2) is 18.2 Å². The number of halogens is 1. The Morgan fingerprint density at radius 3 is 2.89 bits per heavy atom. The predicted octanol–water partition coefficient (Wildman–Crippen LogP) is 2.30. The Morgan fingerprint density at radius 2 is 2.28 bits per heavy atom. The maximum atomic E-state index is 13.0. The molecule has 0 fully saturated rings. The molecule has 0 aliphatic heterocycles. The molecular formula is C12H11FN2O3. The van der Waals surface area contributed by atoms with E-state index in [1.807, 2.05) is 0 Å². The predicted molar refractivity (Wildman–Crippen MR) is 59.8 cm³/mol. The molecular weight excluding hydrogens is 239 g/mol. The van der Waals surface area contributed by atoms with Gasteiger partial charge in [-0.15, -0.1) is 0 Å². The third-order valence-corrected chi connectivity index (χ3v) is 2.24. The van der Waals surface area contributed by atoms with Gasteiger partial charge < -0.3 is 9.26 Å². The molecule has 0 saturated carbocycles. The zero-order valence-electron chi connectivity index (χ0n) is 9.94. The average Bonchev–Trinajstić information content (AvgIpc) is 2.73. The molecule has 0 saturated heterocycles. The van der Waals surface area contributed by atoms with Crippen molar-refractivity contribution in [1.29, 1.82) is 0 Å². The van der Waals surface area contributed by atoms with E-state index in [4.69, 9.17) is 9.26 Å². The SMILES string of the molecule is CC(=O)c1cc(F)ccc1OCc1nc(C)no1. The Labute approximate surface area is 103 Å². The van der Waals surface area contributed by atoms with Crippen LogP contribution in [-0.2, 0) is 6.61 Å². The number of carbonyl (C=O) groups is 1. The fourth-order valence-corrected chi connectivity index (χ4v) is 1.44. The van der Waals surface area contributed by atoms with Crippen molar-refractivity contribution in [2.24, 2.45) is 0 Å². The summed E-state index contributed by atoms with van der Waals surface area (Å²) in [6.45, 7) is 3.07. The molecule has 2 rings (SSSR count). The van der Waals surface area contributed by atoms with Crippen molar-refractivity contribution in [1.82, 2.24) is 10.1 Å². The van der Waals surface area contributed by atoms with Crippen LogP contribution in [0.4, 0.5) is 4.39 Å². The maximum absolute atomic E-state index is 13.0. The van der Waals surface area contributed by atoms with Gasteiger partial charge in [-0.25, -0.2) is 4.39 Å². The third-order valence-electron chi connectivity index (χ3n) is 2.24. The van der Waals surface area contributed by atoms with Crippen molar-refractivity contribution >= 4 is 5.78 Å². The van der Waals surface area contributed by atoms with Crippen molar-refractivity contribution < 1.29 is 18.4 Å². The first-order valence-corrected chi connectivity index (χ1v) is 5.29. The number of aromatic nitrogens is 2. The molecule has 2 aromatic rings. The second-order valence-electron chi connectivity index (χ2n) is 3.72. The topological polar surface area (TPSA) is 65.2 Å². The molecule has 0 radical (unpaired) electrons. The second kappa shape index (κ2) is 4.95. The van der Waals surface area contributed by atoms with Gasteiger partial charge in [0.25, 0.3) is 5.89 Å². The fourth-order valence-electron chi connectivity index (χ4n) is 1.44. The molecule has 0 N–H and O–H groups in total. The minimum atomic E-state index is -0.485. The number of hydrogen-bond donors (Lipinski definition) is 0. The molecule has 0 atom stereocenters. The molecule has 0 spiro atoms. The molecule has 18 heavy (non-hydrogen) atoms. The van der Waals surface area contributed by atoms with E-state index >= 15 is 0 Å². The van der Waals surface area contributed by atoms with Gasteiger partial charge in [0.2, 0.25) is 0 Å². The molecule has 0 bridgehead atoms. The highest BCUT2D eigenvalue weighted by atomic mass is 19.1. The summed E-state index contributed by atoms with van der Waals surface area (Å²) in [6, 6.07) is 3.76. The maximum Gasteiger partial charge on any atom is 0.264 e. The van der Waals surface area contributed by atoms with Crippen LogP contribution in [0.1, 0.15) is 29.0 Å². The first-order chi connectivity index (χ1) is 8.56. The highest BCUT2D eigenvalue weighted by Gasteiger charge is 2.11. The van der Waals surface area contributed by atoms with Gasteiger partial charge in [0.05, 0.1) is 5.56 Å². The highest BCUT2D eigenvalue weighted by molar-refractivity contribution is 5.96. The lowest BCUT2D eigenvalue weighted by Crippen LogP contribution is -2.02. The van der Waals surface area contributed by atoms with Gasteiger partial charge in [0.1, 0.15) is 11.6 Å². The Hall–Kier alpha value is -2.24. The summed E-state index contributed by atoms with van der Waals surface area (Å²) in [7, 11) is 0. The van der Waals surface area contributed by atoms with E-state index in [1.165, 1.54) is 19.1 Å². The molecule has 94 valence electrons. The van der Waals surface area contributed by atoms with Crippen molar-refractivity contribution in [3.05, 3.63) is 41.3 Å². The molecule has 0 aliphatic rings. The molecule has 1 aromatic heterocycles. The lowest BCUT2D eigenvalue weighted by atomic mass is 10.1. The van der Waals surface area contributed by atoms with E-state index in [2.05, 4.69) is 10.1 Å². The number of ether oxygens (including phenoxy) is 1. The monoisotopic (exact) mass is 250 g/mol. The van der Waals surface area contributed by atoms with Crippen LogP contribution < -0.4 is 4.74 Å². The van der Waals surface area contributed by atoms with Gasteiger partial charge in [-0.3, -0.25) is 4.79 Å². The summed E-state index contributed by atoms with van der Waals surface area (Å²) in [4.78, 5) is 15.3. The molecule has 0 aliphatic carbocycles. The molecule has 1 aromatic carbocycles. The van der Waals surface area contributed by atoms with E-state index in [9.17, 15) is 9.18 Å². The van der Waals surface area contributed by atoms with Gasteiger partial charge in [-0.05, 0) is 32.0 Å². The van der Waals surface area contributed by atoms with Crippen molar-refractivity contribution in [2.45, 2.75) is 20.5 Å². The first kappa shape index (κ1) is 12.2. The molecule has 0 unspecified atom stereocenters.